The molecule has 0 saturated carbocycles. The molecule has 2 rings (SSSR count). The van der Waals surface area contributed by atoms with E-state index in [-0.39, 0.29) is 0 Å². The zero-order chi connectivity index (χ0) is 11.5. The molecule has 0 aromatic carbocycles. The lowest BCUT2D eigenvalue weighted by Crippen LogP contribution is -1.85. The molecular weight excluding hydrogens is 224 g/mol. The first kappa shape index (κ1) is 10.6. The van der Waals surface area contributed by atoms with E-state index in [2.05, 4.69) is 9.97 Å². The third kappa shape index (κ3) is 1.63. The van der Waals surface area contributed by atoms with Gasteiger partial charge in [-0.05, 0) is 12.1 Å². The van der Waals surface area contributed by atoms with Crippen molar-refractivity contribution >= 4 is 40.6 Å². The molecule has 0 atom stereocenters. The smallest absolute Gasteiger partial charge is 0.139 e. The van der Waals surface area contributed by atoms with Gasteiger partial charge < -0.3 is 15.8 Å². The highest BCUT2D eigenvalue weighted by molar-refractivity contribution is 6.36. The summed E-state index contributed by atoms with van der Waals surface area (Å²) in [5.41, 5.74) is 2.09. The molecule has 0 aliphatic carbocycles. The maximum absolute atomic E-state index is 7.31. The Balaban J connectivity index is 2.74. The van der Waals surface area contributed by atoms with E-state index in [1.165, 1.54) is 6.21 Å². The Morgan fingerprint density at radius 2 is 2.25 bits per heavy atom. The number of hydrogen-bond acceptors (Lipinski definition) is 3. The van der Waals surface area contributed by atoms with Crippen LogP contribution in [0.25, 0.3) is 16.6 Å². The van der Waals surface area contributed by atoms with E-state index in [1.54, 1.807) is 24.5 Å². The Morgan fingerprint density at radius 3 is 2.94 bits per heavy atom. The third-order valence-electron chi connectivity index (χ3n) is 2.25. The highest BCUT2D eigenvalue weighted by atomic mass is 35.5. The second-order valence-corrected chi connectivity index (χ2v) is 3.56. The molecule has 0 aliphatic heterocycles. The van der Waals surface area contributed by atoms with Crippen LogP contribution < -0.4 is 0 Å². The Morgan fingerprint density at radius 1 is 1.44 bits per heavy atom. The molecule has 80 valence electrons. The van der Waals surface area contributed by atoms with Gasteiger partial charge >= 0.3 is 0 Å². The fraction of sp³-hybridized carbons (Fsp3) is 0. The van der Waals surface area contributed by atoms with E-state index >= 15 is 0 Å². The Hall–Kier alpha value is -1.94. The van der Waals surface area contributed by atoms with E-state index in [9.17, 15) is 0 Å². The van der Waals surface area contributed by atoms with Gasteiger partial charge in [0.25, 0.3) is 0 Å². The zero-order valence-electron chi connectivity index (χ0n) is 8.29. The molecule has 0 radical (unpaired) electrons. The van der Waals surface area contributed by atoms with Crippen molar-refractivity contribution in [3.63, 3.8) is 0 Å². The van der Waals surface area contributed by atoms with Gasteiger partial charge in [-0.3, -0.25) is 0 Å². The van der Waals surface area contributed by atoms with Crippen molar-refractivity contribution < 1.29 is 0 Å². The fourth-order valence-corrected chi connectivity index (χ4v) is 1.80. The SMILES string of the molecule is N=C/C=C(\C=N)c1c[nH]c2nccc(Cl)c12. The third-order valence-corrected chi connectivity index (χ3v) is 2.57. The van der Waals surface area contributed by atoms with E-state index in [4.69, 9.17) is 22.4 Å². The average molecular weight is 233 g/mol. The lowest BCUT2D eigenvalue weighted by Gasteiger charge is -1.99. The van der Waals surface area contributed by atoms with E-state index < -0.39 is 0 Å². The molecule has 2 aromatic rings. The number of fused-ring (bicyclic) bond motifs is 1. The molecule has 0 bridgehead atoms. The molecule has 2 heterocycles. The van der Waals surface area contributed by atoms with E-state index in [0.717, 1.165) is 17.2 Å². The number of aromatic nitrogens is 2. The van der Waals surface area contributed by atoms with Gasteiger partial charge in [-0.2, -0.15) is 0 Å². The number of nitrogens with zero attached hydrogens (tertiary/aromatic N) is 1. The summed E-state index contributed by atoms with van der Waals surface area (Å²) >= 11 is 6.09. The van der Waals surface area contributed by atoms with Crippen molar-refractivity contribution in [3.8, 4) is 0 Å². The maximum Gasteiger partial charge on any atom is 0.139 e. The summed E-state index contributed by atoms with van der Waals surface area (Å²) in [6, 6.07) is 1.70. The van der Waals surface area contributed by atoms with Gasteiger partial charge in [0, 0.05) is 41.3 Å². The molecule has 5 heteroatoms. The van der Waals surface area contributed by atoms with Crippen LogP contribution in [0.15, 0.2) is 24.5 Å². The number of nitrogens with one attached hydrogen (secondary N) is 3. The Kier molecular flexibility index (Phi) is 2.83. The molecule has 0 amide bonds. The van der Waals surface area contributed by atoms with Crippen LogP contribution in [0.1, 0.15) is 5.56 Å². The minimum Gasteiger partial charge on any atom is -0.345 e. The first-order valence-electron chi connectivity index (χ1n) is 4.61. The monoisotopic (exact) mass is 232 g/mol. The lowest BCUT2D eigenvalue weighted by molar-refractivity contribution is 1.32. The van der Waals surface area contributed by atoms with Crippen LogP contribution in [-0.2, 0) is 0 Å². The number of rotatable bonds is 3. The number of H-pyrrole nitrogens is 1. The Bertz CT molecular complexity index is 583. The molecule has 0 unspecified atom stereocenters. The minimum absolute atomic E-state index is 0.582. The standard InChI is InChI=1S/C11H9ClN4/c12-9-2-4-15-11-10(9)8(6-16-11)7(5-14)1-3-13/h1-6,13-14H,(H,15,16)/b7-1+,13-3?,14-5?. The number of halogens is 1. The molecule has 0 spiro atoms. The van der Waals surface area contributed by atoms with Crippen LogP contribution in [0.4, 0.5) is 0 Å². The van der Waals surface area contributed by atoms with E-state index in [1.807, 2.05) is 0 Å². The topological polar surface area (TPSA) is 76.4 Å². The highest BCUT2D eigenvalue weighted by Crippen LogP contribution is 2.28. The van der Waals surface area contributed by atoms with Gasteiger partial charge in [0.05, 0.1) is 5.02 Å². The van der Waals surface area contributed by atoms with E-state index in [0.29, 0.717) is 16.2 Å². The second kappa shape index (κ2) is 4.28. The summed E-state index contributed by atoms with van der Waals surface area (Å²) in [6.07, 6.45) is 7.23. The van der Waals surface area contributed by atoms with Gasteiger partial charge in [-0.25, -0.2) is 4.98 Å². The number of hydrogen-bond donors (Lipinski definition) is 3. The summed E-state index contributed by atoms with van der Waals surface area (Å²) < 4.78 is 0. The largest absolute Gasteiger partial charge is 0.345 e. The molecule has 0 fully saturated rings. The summed E-state index contributed by atoms with van der Waals surface area (Å²) in [4.78, 5) is 7.13. The minimum atomic E-state index is 0.582. The van der Waals surface area contributed by atoms with Crippen molar-refractivity contribution in [2.45, 2.75) is 0 Å². The molecule has 16 heavy (non-hydrogen) atoms. The fourth-order valence-electron chi connectivity index (χ4n) is 1.55. The number of pyridine rings is 1. The first-order valence-corrected chi connectivity index (χ1v) is 4.99. The Labute approximate surface area is 97.0 Å². The van der Waals surface area contributed by atoms with Crippen LogP contribution in [0.3, 0.4) is 0 Å². The molecule has 4 nitrogen and oxygen atoms in total. The van der Waals surface area contributed by atoms with Gasteiger partial charge in [0.2, 0.25) is 0 Å². The summed E-state index contributed by atoms with van der Waals surface area (Å²) in [5.74, 6) is 0. The summed E-state index contributed by atoms with van der Waals surface area (Å²) in [5, 5.41) is 15.7. The van der Waals surface area contributed by atoms with Gasteiger partial charge in [0.15, 0.2) is 0 Å². The summed E-state index contributed by atoms with van der Waals surface area (Å²) in [6.45, 7) is 0. The second-order valence-electron chi connectivity index (χ2n) is 3.15. The number of aromatic amines is 1. The lowest BCUT2D eigenvalue weighted by atomic mass is 10.1. The normalized spacial score (nSPS) is 11.7. The van der Waals surface area contributed by atoms with Crippen molar-refractivity contribution in [3.05, 3.63) is 35.1 Å². The predicted molar refractivity (Wildman–Crippen MR) is 66.6 cm³/mol. The van der Waals surface area contributed by atoms with Crippen molar-refractivity contribution in [1.29, 1.82) is 10.8 Å². The van der Waals surface area contributed by atoms with Crippen LogP contribution in [0.2, 0.25) is 5.02 Å². The van der Waals surface area contributed by atoms with Crippen molar-refractivity contribution in [2.75, 3.05) is 0 Å². The molecule has 0 aliphatic rings. The van der Waals surface area contributed by atoms with Crippen molar-refractivity contribution in [2.24, 2.45) is 0 Å². The zero-order valence-corrected chi connectivity index (χ0v) is 9.05. The van der Waals surface area contributed by atoms with Gasteiger partial charge in [0.1, 0.15) is 5.65 Å². The predicted octanol–water partition coefficient (Wildman–Crippen LogP) is 2.90. The number of allylic oxidation sites excluding steroid dienone is 2. The molecule has 3 N–H and O–H groups in total. The average Bonchev–Trinajstić information content (AvgIpc) is 2.71. The van der Waals surface area contributed by atoms with Gasteiger partial charge in [-0.15, -0.1) is 0 Å². The van der Waals surface area contributed by atoms with Crippen molar-refractivity contribution in [1.82, 2.24) is 9.97 Å². The molecule has 0 saturated heterocycles. The molecular formula is C11H9ClN4. The molecule has 2 aromatic heterocycles. The van der Waals surface area contributed by atoms with Crippen LogP contribution in [-0.4, -0.2) is 22.4 Å². The summed E-state index contributed by atoms with van der Waals surface area (Å²) in [7, 11) is 0. The van der Waals surface area contributed by atoms with Crippen LogP contribution in [0.5, 0.6) is 0 Å². The maximum atomic E-state index is 7.31. The van der Waals surface area contributed by atoms with Gasteiger partial charge in [-0.1, -0.05) is 11.6 Å². The van der Waals surface area contributed by atoms with Crippen LogP contribution in [0, 0.1) is 10.8 Å². The first-order chi connectivity index (χ1) is 7.77. The quantitative estimate of drug-likeness (QED) is 0.700. The van der Waals surface area contributed by atoms with Crippen LogP contribution >= 0.6 is 11.6 Å². The highest BCUT2D eigenvalue weighted by Gasteiger charge is 2.10.